The molecular weight excluding hydrogens is 317 g/mol. The highest BCUT2D eigenvalue weighted by molar-refractivity contribution is 9.10. The Hall–Kier alpha value is -1.19. The summed E-state index contributed by atoms with van der Waals surface area (Å²) >= 11 is 3.48. The van der Waals surface area contributed by atoms with Crippen LogP contribution < -0.4 is 5.32 Å². The van der Waals surface area contributed by atoms with Gasteiger partial charge in [0, 0.05) is 16.9 Å². The Kier molecular flexibility index (Phi) is 4.18. The summed E-state index contributed by atoms with van der Waals surface area (Å²) in [5.74, 6) is 0.739. The van der Waals surface area contributed by atoms with Crippen LogP contribution in [0, 0.1) is 5.82 Å². The van der Waals surface area contributed by atoms with Crippen LogP contribution in [0.15, 0.2) is 53.0 Å². The van der Waals surface area contributed by atoms with E-state index in [1.807, 2.05) is 12.1 Å². The molecule has 20 heavy (non-hydrogen) atoms. The fraction of sp³-hybridized carbons (Fsp3) is 0.294. The van der Waals surface area contributed by atoms with E-state index in [0.29, 0.717) is 11.8 Å². The van der Waals surface area contributed by atoms with Crippen molar-refractivity contribution >= 4 is 15.9 Å². The molecular formula is C17H17BrFN. The zero-order valence-electron chi connectivity index (χ0n) is 11.2. The highest BCUT2D eigenvalue weighted by Gasteiger charge is 2.27. The molecule has 1 aliphatic rings. The molecule has 1 N–H and O–H groups in total. The van der Waals surface area contributed by atoms with Crippen molar-refractivity contribution < 1.29 is 4.39 Å². The lowest BCUT2D eigenvalue weighted by molar-refractivity contribution is 0.404. The monoisotopic (exact) mass is 333 g/mol. The van der Waals surface area contributed by atoms with Gasteiger partial charge in [-0.3, -0.25) is 0 Å². The second kappa shape index (κ2) is 6.06. The standard InChI is InChI=1S/C17H17BrFN/c18-14-5-1-13(2-6-14)17-11-20-10-9-16(17)12-3-7-15(19)8-4-12/h1-8,16-17,20H,9-11H2. The molecule has 0 aliphatic carbocycles. The fourth-order valence-electron chi connectivity index (χ4n) is 3.03. The molecule has 2 unspecified atom stereocenters. The Morgan fingerprint density at radius 2 is 1.50 bits per heavy atom. The third kappa shape index (κ3) is 2.94. The number of halogens is 2. The Balaban J connectivity index is 1.90. The van der Waals surface area contributed by atoms with Crippen molar-refractivity contribution in [3.05, 3.63) is 69.9 Å². The number of hydrogen-bond acceptors (Lipinski definition) is 1. The predicted molar refractivity (Wildman–Crippen MR) is 83.5 cm³/mol. The van der Waals surface area contributed by atoms with Gasteiger partial charge in [0.15, 0.2) is 0 Å². The van der Waals surface area contributed by atoms with Crippen molar-refractivity contribution in [2.45, 2.75) is 18.3 Å². The molecule has 2 aromatic carbocycles. The molecule has 0 amide bonds. The maximum atomic E-state index is 13.1. The van der Waals surface area contributed by atoms with Gasteiger partial charge in [0.25, 0.3) is 0 Å². The lowest BCUT2D eigenvalue weighted by atomic mass is 9.77. The van der Waals surface area contributed by atoms with Crippen LogP contribution >= 0.6 is 15.9 Å². The normalized spacial score (nSPS) is 22.7. The summed E-state index contributed by atoms with van der Waals surface area (Å²) in [6.45, 7) is 2.00. The summed E-state index contributed by atoms with van der Waals surface area (Å²) in [5, 5.41) is 3.47. The van der Waals surface area contributed by atoms with Crippen LogP contribution in [-0.4, -0.2) is 13.1 Å². The molecule has 0 bridgehead atoms. The Labute approximate surface area is 127 Å². The first-order valence-corrected chi connectivity index (χ1v) is 7.75. The Morgan fingerprint density at radius 1 is 0.900 bits per heavy atom. The molecule has 1 saturated heterocycles. The molecule has 3 heteroatoms. The molecule has 3 rings (SSSR count). The lowest BCUT2D eigenvalue weighted by Crippen LogP contribution is -2.34. The fourth-order valence-corrected chi connectivity index (χ4v) is 3.29. The van der Waals surface area contributed by atoms with Crippen LogP contribution in [0.3, 0.4) is 0 Å². The van der Waals surface area contributed by atoms with Crippen molar-refractivity contribution in [2.24, 2.45) is 0 Å². The molecule has 2 aromatic rings. The van der Waals surface area contributed by atoms with E-state index in [4.69, 9.17) is 0 Å². The second-order valence-electron chi connectivity index (χ2n) is 5.31. The molecule has 104 valence electrons. The third-order valence-corrected chi connectivity index (χ3v) is 4.61. The van der Waals surface area contributed by atoms with Gasteiger partial charge in [0.05, 0.1) is 0 Å². The molecule has 0 aromatic heterocycles. The van der Waals surface area contributed by atoms with E-state index in [1.54, 1.807) is 12.1 Å². The molecule has 0 spiro atoms. The first-order valence-electron chi connectivity index (χ1n) is 6.95. The zero-order valence-corrected chi connectivity index (χ0v) is 12.7. The van der Waals surface area contributed by atoms with Crippen LogP contribution in [0.5, 0.6) is 0 Å². The van der Waals surface area contributed by atoms with Crippen LogP contribution in [0.1, 0.15) is 29.4 Å². The first kappa shape index (κ1) is 13.8. The van der Waals surface area contributed by atoms with Crippen molar-refractivity contribution in [3.63, 3.8) is 0 Å². The van der Waals surface area contributed by atoms with Gasteiger partial charge in [-0.05, 0) is 54.3 Å². The third-order valence-electron chi connectivity index (χ3n) is 4.08. The van der Waals surface area contributed by atoms with E-state index in [9.17, 15) is 4.39 Å². The number of benzene rings is 2. The van der Waals surface area contributed by atoms with E-state index >= 15 is 0 Å². The molecule has 0 saturated carbocycles. The minimum absolute atomic E-state index is 0.164. The van der Waals surface area contributed by atoms with E-state index in [-0.39, 0.29) is 5.82 Å². The summed E-state index contributed by atoms with van der Waals surface area (Å²) in [6, 6.07) is 15.5. The van der Waals surface area contributed by atoms with Crippen LogP contribution in [0.25, 0.3) is 0 Å². The van der Waals surface area contributed by atoms with Gasteiger partial charge < -0.3 is 5.32 Å². The van der Waals surface area contributed by atoms with E-state index in [1.165, 1.54) is 11.1 Å². The van der Waals surface area contributed by atoms with Crippen molar-refractivity contribution in [1.82, 2.24) is 5.32 Å². The smallest absolute Gasteiger partial charge is 0.123 e. The molecule has 0 radical (unpaired) electrons. The van der Waals surface area contributed by atoms with Gasteiger partial charge in [-0.1, -0.05) is 40.2 Å². The second-order valence-corrected chi connectivity index (χ2v) is 6.22. The highest BCUT2D eigenvalue weighted by Crippen LogP contribution is 2.37. The minimum Gasteiger partial charge on any atom is -0.316 e. The maximum Gasteiger partial charge on any atom is 0.123 e. The van der Waals surface area contributed by atoms with E-state index in [2.05, 4.69) is 45.5 Å². The quantitative estimate of drug-likeness (QED) is 0.856. The van der Waals surface area contributed by atoms with Crippen LogP contribution in [-0.2, 0) is 0 Å². The highest BCUT2D eigenvalue weighted by atomic mass is 79.9. The summed E-state index contributed by atoms with van der Waals surface area (Å²) in [5.41, 5.74) is 2.58. The number of piperidine rings is 1. The van der Waals surface area contributed by atoms with Crippen LogP contribution in [0.4, 0.5) is 4.39 Å². The van der Waals surface area contributed by atoms with Gasteiger partial charge in [0.1, 0.15) is 5.82 Å². The topological polar surface area (TPSA) is 12.0 Å². The van der Waals surface area contributed by atoms with Gasteiger partial charge >= 0.3 is 0 Å². The summed E-state index contributed by atoms with van der Waals surface area (Å²) in [7, 11) is 0. The first-order chi connectivity index (χ1) is 9.74. The van der Waals surface area contributed by atoms with Gasteiger partial charge in [-0.25, -0.2) is 4.39 Å². The summed E-state index contributed by atoms with van der Waals surface area (Å²) < 4.78 is 14.2. The predicted octanol–water partition coefficient (Wildman–Crippen LogP) is 4.45. The van der Waals surface area contributed by atoms with Crippen molar-refractivity contribution in [3.8, 4) is 0 Å². The largest absolute Gasteiger partial charge is 0.316 e. The maximum absolute atomic E-state index is 13.1. The summed E-state index contributed by atoms with van der Waals surface area (Å²) in [6.07, 6.45) is 1.09. The van der Waals surface area contributed by atoms with E-state index in [0.717, 1.165) is 24.0 Å². The van der Waals surface area contributed by atoms with Gasteiger partial charge in [-0.15, -0.1) is 0 Å². The average molecular weight is 334 g/mol. The van der Waals surface area contributed by atoms with E-state index < -0.39 is 0 Å². The number of rotatable bonds is 2. The van der Waals surface area contributed by atoms with Gasteiger partial charge in [0.2, 0.25) is 0 Å². The van der Waals surface area contributed by atoms with Crippen molar-refractivity contribution in [1.29, 1.82) is 0 Å². The number of hydrogen-bond donors (Lipinski definition) is 1. The minimum atomic E-state index is -0.164. The Bertz CT molecular complexity index is 511. The number of nitrogens with one attached hydrogen (secondary N) is 1. The lowest BCUT2D eigenvalue weighted by Gasteiger charge is -2.33. The molecule has 1 fully saturated rings. The average Bonchev–Trinajstić information content (AvgIpc) is 2.49. The molecule has 1 aliphatic heterocycles. The zero-order chi connectivity index (χ0) is 13.9. The molecule has 2 atom stereocenters. The summed E-state index contributed by atoms with van der Waals surface area (Å²) in [4.78, 5) is 0. The van der Waals surface area contributed by atoms with Crippen molar-refractivity contribution in [2.75, 3.05) is 13.1 Å². The molecule has 1 heterocycles. The Morgan fingerprint density at radius 3 is 2.20 bits per heavy atom. The molecule has 1 nitrogen and oxygen atoms in total. The SMILES string of the molecule is Fc1ccc(C2CCNCC2c2ccc(Br)cc2)cc1. The van der Waals surface area contributed by atoms with Crippen LogP contribution in [0.2, 0.25) is 0 Å². The van der Waals surface area contributed by atoms with Gasteiger partial charge in [-0.2, -0.15) is 0 Å².